The van der Waals surface area contributed by atoms with Gasteiger partial charge in [-0.25, -0.2) is 9.50 Å². The summed E-state index contributed by atoms with van der Waals surface area (Å²) in [7, 11) is 0. The van der Waals surface area contributed by atoms with E-state index in [-0.39, 0.29) is 6.61 Å². The number of hydrogen-bond donors (Lipinski definition) is 1. The van der Waals surface area contributed by atoms with Gasteiger partial charge in [0.2, 0.25) is 0 Å². The molecule has 0 radical (unpaired) electrons. The molecule has 3 rings (SSSR count). The molecule has 0 aliphatic heterocycles. The summed E-state index contributed by atoms with van der Waals surface area (Å²) in [5, 5.41) is 14.0. The van der Waals surface area contributed by atoms with Crippen molar-refractivity contribution in [2.24, 2.45) is 0 Å². The van der Waals surface area contributed by atoms with E-state index in [0.717, 1.165) is 16.8 Å². The zero-order valence-electron chi connectivity index (χ0n) is 10.0. The van der Waals surface area contributed by atoms with Crippen molar-refractivity contribution in [3.05, 3.63) is 53.9 Å². The van der Waals surface area contributed by atoms with E-state index in [0.29, 0.717) is 5.65 Å². The molecule has 0 bridgehead atoms. The minimum absolute atomic E-state index is 0.0657. The number of aryl methyl sites for hydroxylation is 1. The van der Waals surface area contributed by atoms with Crippen LogP contribution in [0.2, 0.25) is 0 Å². The minimum Gasteiger partial charge on any atom is -0.391 e. The van der Waals surface area contributed by atoms with Gasteiger partial charge in [-0.05, 0) is 19.1 Å². The average Bonchev–Trinajstić information content (AvgIpc) is 2.77. The lowest BCUT2D eigenvalue weighted by Crippen LogP contribution is -1.89. The maximum absolute atomic E-state index is 9.54. The summed E-state index contributed by atoms with van der Waals surface area (Å²) in [6.45, 7) is 1.97. The molecular formula is C14H13N3O. The van der Waals surface area contributed by atoms with E-state index in [9.17, 15) is 5.11 Å². The van der Waals surface area contributed by atoms with Crippen LogP contribution >= 0.6 is 0 Å². The Morgan fingerprint density at radius 1 is 1.28 bits per heavy atom. The van der Waals surface area contributed by atoms with Crippen LogP contribution in [0.5, 0.6) is 0 Å². The van der Waals surface area contributed by atoms with Gasteiger partial charge in [0.05, 0.1) is 12.2 Å². The first kappa shape index (κ1) is 10.9. The Bertz CT molecular complexity index is 703. The first-order valence-corrected chi connectivity index (χ1v) is 5.80. The molecule has 0 unspecified atom stereocenters. The van der Waals surface area contributed by atoms with Crippen molar-refractivity contribution in [2.75, 3.05) is 0 Å². The third kappa shape index (κ3) is 1.67. The highest BCUT2D eigenvalue weighted by atomic mass is 16.3. The molecule has 90 valence electrons. The lowest BCUT2D eigenvalue weighted by molar-refractivity contribution is 0.283. The van der Waals surface area contributed by atoms with Gasteiger partial charge in [-0.15, -0.1) is 0 Å². The Balaban J connectivity index is 2.28. The van der Waals surface area contributed by atoms with Gasteiger partial charge in [0.25, 0.3) is 0 Å². The van der Waals surface area contributed by atoms with Crippen molar-refractivity contribution in [2.45, 2.75) is 13.5 Å². The summed E-state index contributed by atoms with van der Waals surface area (Å²) >= 11 is 0. The number of aliphatic hydroxyl groups is 1. The number of hydrogen-bond acceptors (Lipinski definition) is 3. The number of aromatic nitrogens is 3. The van der Waals surface area contributed by atoms with E-state index in [1.165, 1.54) is 5.56 Å². The van der Waals surface area contributed by atoms with Crippen molar-refractivity contribution in [3.63, 3.8) is 0 Å². The highest BCUT2D eigenvalue weighted by Gasteiger charge is 2.14. The summed E-state index contributed by atoms with van der Waals surface area (Å²) in [4.78, 5) is 4.26. The van der Waals surface area contributed by atoms with E-state index in [2.05, 4.69) is 16.1 Å². The normalized spacial score (nSPS) is 11.0. The molecule has 2 heterocycles. The van der Waals surface area contributed by atoms with E-state index in [1.54, 1.807) is 10.7 Å². The zero-order chi connectivity index (χ0) is 12.5. The van der Waals surface area contributed by atoms with Crippen molar-refractivity contribution >= 4 is 5.65 Å². The molecule has 2 aromatic heterocycles. The van der Waals surface area contributed by atoms with Crippen LogP contribution in [-0.4, -0.2) is 19.7 Å². The number of fused-ring (bicyclic) bond motifs is 1. The van der Waals surface area contributed by atoms with Crippen molar-refractivity contribution < 1.29 is 5.11 Å². The summed E-state index contributed by atoms with van der Waals surface area (Å²) in [5.41, 5.74) is 4.43. The molecule has 4 heteroatoms. The Morgan fingerprint density at radius 2 is 2.17 bits per heavy atom. The van der Waals surface area contributed by atoms with Crippen molar-refractivity contribution in [1.29, 1.82) is 0 Å². The van der Waals surface area contributed by atoms with Gasteiger partial charge in [0.1, 0.15) is 5.69 Å². The first-order valence-electron chi connectivity index (χ1n) is 5.80. The Hall–Kier alpha value is -2.20. The fourth-order valence-corrected chi connectivity index (χ4v) is 2.10. The Labute approximate surface area is 105 Å². The predicted molar refractivity (Wildman–Crippen MR) is 69.1 cm³/mol. The van der Waals surface area contributed by atoms with Crippen LogP contribution in [0.15, 0.2) is 42.7 Å². The quantitative estimate of drug-likeness (QED) is 0.745. The minimum atomic E-state index is -0.0657. The number of benzene rings is 1. The lowest BCUT2D eigenvalue weighted by Gasteiger charge is -2.00. The van der Waals surface area contributed by atoms with Crippen LogP contribution in [0, 0.1) is 6.92 Å². The Morgan fingerprint density at radius 3 is 2.94 bits per heavy atom. The second-order valence-electron chi connectivity index (χ2n) is 4.24. The third-order valence-electron chi connectivity index (χ3n) is 2.94. The highest BCUT2D eigenvalue weighted by molar-refractivity contribution is 5.70. The Kier molecular flexibility index (Phi) is 2.57. The molecule has 0 saturated carbocycles. The molecule has 3 aromatic rings. The fourth-order valence-electron chi connectivity index (χ4n) is 2.10. The molecule has 0 aliphatic carbocycles. The van der Waals surface area contributed by atoms with Gasteiger partial charge in [-0.2, -0.15) is 5.10 Å². The average molecular weight is 239 g/mol. The smallest absolute Gasteiger partial charge is 0.161 e. The monoisotopic (exact) mass is 239 g/mol. The van der Waals surface area contributed by atoms with Gasteiger partial charge in [0.15, 0.2) is 5.65 Å². The standard InChI is InChI=1S/C14H13N3O/c1-10-4-2-5-11(8-10)13-12(9-18)14-15-6-3-7-17(14)16-13/h2-8,18H,9H2,1H3. The van der Waals surface area contributed by atoms with Gasteiger partial charge in [-0.1, -0.05) is 23.8 Å². The molecule has 1 aromatic carbocycles. The molecule has 0 amide bonds. The van der Waals surface area contributed by atoms with Crippen LogP contribution < -0.4 is 0 Å². The molecule has 1 N–H and O–H groups in total. The molecule has 0 saturated heterocycles. The van der Waals surface area contributed by atoms with E-state index >= 15 is 0 Å². The second-order valence-corrected chi connectivity index (χ2v) is 4.24. The van der Waals surface area contributed by atoms with Crippen LogP contribution in [0.3, 0.4) is 0 Å². The fraction of sp³-hybridized carbons (Fsp3) is 0.143. The van der Waals surface area contributed by atoms with Crippen LogP contribution in [0.4, 0.5) is 0 Å². The molecule has 0 spiro atoms. The first-order chi connectivity index (χ1) is 8.79. The summed E-state index contributed by atoms with van der Waals surface area (Å²) in [6.07, 6.45) is 3.54. The molecule has 18 heavy (non-hydrogen) atoms. The lowest BCUT2D eigenvalue weighted by atomic mass is 10.1. The van der Waals surface area contributed by atoms with Gasteiger partial charge in [-0.3, -0.25) is 0 Å². The van der Waals surface area contributed by atoms with Gasteiger partial charge in [0, 0.05) is 18.0 Å². The van der Waals surface area contributed by atoms with Crippen LogP contribution in [0.25, 0.3) is 16.9 Å². The largest absolute Gasteiger partial charge is 0.391 e. The van der Waals surface area contributed by atoms with Crippen LogP contribution in [0.1, 0.15) is 11.1 Å². The summed E-state index contributed by atoms with van der Waals surface area (Å²) in [6, 6.07) is 9.90. The molecule has 0 atom stereocenters. The molecule has 0 fully saturated rings. The SMILES string of the molecule is Cc1cccc(-c2nn3cccnc3c2CO)c1. The number of aliphatic hydroxyl groups excluding tert-OH is 1. The molecular weight excluding hydrogens is 226 g/mol. The zero-order valence-corrected chi connectivity index (χ0v) is 10.0. The second kappa shape index (κ2) is 4.23. The summed E-state index contributed by atoms with van der Waals surface area (Å²) in [5.74, 6) is 0. The van der Waals surface area contributed by atoms with E-state index in [4.69, 9.17) is 0 Å². The van der Waals surface area contributed by atoms with Crippen molar-refractivity contribution in [3.8, 4) is 11.3 Å². The maximum Gasteiger partial charge on any atom is 0.161 e. The number of nitrogens with zero attached hydrogens (tertiary/aromatic N) is 3. The predicted octanol–water partition coefficient (Wildman–Crippen LogP) is 2.20. The number of rotatable bonds is 2. The van der Waals surface area contributed by atoms with E-state index < -0.39 is 0 Å². The van der Waals surface area contributed by atoms with Gasteiger partial charge < -0.3 is 5.11 Å². The third-order valence-corrected chi connectivity index (χ3v) is 2.94. The summed E-state index contributed by atoms with van der Waals surface area (Å²) < 4.78 is 1.70. The maximum atomic E-state index is 9.54. The van der Waals surface area contributed by atoms with Crippen LogP contribution in [-0.2, 0) is 6.61 Å². The van der Waals surface area contributed by atoms with Crippen molar-refractivity contribution in [1.82, 2.24) is 14.6 Å². The topological polar surface area (TPSA) is 50.4 Å². The van der Waals surface area contributed by atoms with Gasteiger partial charge >= 0.3 is 0 Å². The van der Waals surface area contributed by atoms with E-state index in [1.807, 2.05) is 37.4 Å². The highest BCUT2D eigenvalue weighted by Crippen LogP contribution is 2.25. The molecule has 4 nitrogen and oxygen atoms in total. The molecule has 0 aliphatic rings.